The smallest absolute Gasteiger partial charge is 0.404 e. The molecule has 0 atom stereocenters. The standard InChI is InChI=1S/C11H12F3N3O/c1-15-3-2-7-5-16-10-9(7)4-8(6-17-10)18-11(12,13)14/h4-6,15H,2-3H2,1H3,(H,16,17). The van der Waals surface area contributed by atoms with Gasteiger partial charge in [-0.3, -0.25) is 0 Å². The van der Waals surface area contributed by atoms with Gasteiger partial charge < -0.3 is 15.0 Å². The van der Waals surface area contributed by atoms with E-state index in [9.17, 15) is 13.2 Å². The average Bonchev–Trinajstić information content (AvgIpc) is 2.67. The molecule has 0 fully saturated rings. The summed E-state index contributed by atoms with van der Waals surface area (Å²) in [7, 11) is 1.81. The maximum atomic E-state index is 12.1. The lowest BCUT2D eigenvalue weighted by atomic mass is 10.1. The first-order valence-electron chi connectivity index (χ1n) is 5.36. The zero-order valence-electron chi connectivity index (χ0n) is 9.64. The molecule has 2 aromatic heterocycles. The van der Waals surface area contributed by atoms with Gasteiger partial charge in [-0.1, -0.05) is 0 Å². The summed E-state index contributed by atoms with van der Waals surface area (Å²) in [4.78, 5) is 6.80. The predicted molar refractivity (Wildman–Crippen MR) is 60.4 cm³/mol. The Morgan fingerprint density at radius 1 is 1.44 bits per heavy atom. The first kappa shape index (κ1) is 12.7. The summed E-state index contributed by atoms with van der Waals surface area (Å²) in [5, 5.41) is 3.62. The highest BCUT2D eigenvalue weighted by atomic mass is 19.4. The number of rotatable bonds is 4. The van der Waals surface area contributed by atoms with Gasteiger partial charge in [0.05, 0.1) is 6.20 Å². The Bertz CT molecular complexity index is 536. The van der Waals surface area contributed by atoms with E-state index in [1.54, 1.807) is 6.20 Å². The highest BCUT2D eigenvalue weighted by Gasteiger charge is 2.31. The number of aromatic amines is 1. The van der Waals surface area contributed by atoms with Crippen LogP contribution in [0.3, 0.4) is 0 Å². The molecule has 2 N–H and O–H groups in total. The van der Waals surface area contributed by atoms with Crippen molar-refractivity contribution in [1.82, 2.24) is 15.3 Å². The van der Waals surface area contributed by atoms with E-state index in [0.717, 1.165) is 18.3 Å². The monoisotopic (exact) mass is 259 g/mol. The van der Waals surface area contributed by atoms with Gasteiger partial charge in [-0.15, -0.1) is 13.2 Å². The fourth-order valence-electron chi connectivity index (χ4n) is 1.69. The second-order valence-electron chi connectivity index (χ2n) is 3.78. The van der Waals surface area contributed by atoms with Crippen LogP contribution >= 0.6 is 0 Å². The molecule has 0 aliphatic rings. The Labute approximate surface area is 101 Å². The van der Waals surface area contributed by atoms with E-state index in [1.807, 2.05) is 7.05 Å². The summed E-state index contributed by atoms with van der Waals surface area (Å²) < 4.78 is 40.2. The van der Waals surface area contributed by atoms with Crippen LogP contribution in [0.5, 0.6) is 5.75 Å². The third kappa shape index (κ3) is 2.92. The Hall–Kier alpha value is -1.76. The number of ether oxygens (including phenoxy) is 1. The molecule has 2 heterocycles. The quantitative estimate of drug-likeness (QED) is 0.885. The van der Waals surface area contributed by atoms with E-state index < -0.39 is 6.36 Å². The Morgan fingerprint density at radius 2 is 2.22 bits per heavy atom. The maximum absolute atomic E-state index is 12.1. The van der Waals surface area contributed by atoms with Crippen molar-refractivity contribution >= 4 is 11.0 Å². The summed E-state index contributed by atoms with van der Waals surface area (Å²) in [6.07, 6.45) is -1.20. The molecule has 0 aliphatic carbocycles. The summed E-state index contributed by atoms with van der Waals surface area (Å²) in [5.41, 5.74) is 1.45. The molecule has 2 rings (SSSR count). The van der Waals surface area contributed by atoms with E-state index in [-0.39, 0.29) is 5.75 Å². The van der Waals surface area contributed by atoms with Gasteiger partial charge in [0.15, 0.2) is 0 Å². The van der Waals surface area contributed by atoms with Crippen molar-refractivity contribution in [3.63, 3.8) is 0 Å². The molecule has 0 saturated carbocycles. The molecule has 0 spiro atoms. The Kier molecular flexibility index (Phi) is 3.42. The molecule has 0 amide bonds. The van der Waals surface area contributed by atoms with Crippen LogP contribution in [0.25, 0.3) is 11.0 Å². The van der Waals surface area contributed by atoms with E-state index >= 15 is 0 Å². The van der Waals surface area contributed by atoms with Gasteiger partial charge >= 0.3 is 6.36 Å². The molecule has 0 aliphatic heterocycles. The third-order valence-corrected chi connectivity index (χ3v) is 2.47. The molecule has 7 heteroatoms. The lowest BCUT2D eigenvalue weighted by Crippen LogP contribution is -2.17. The van der Waals surface area contributed by atoms with Crippen molar-refractivity contribution < 1.29 is 17.9 Å². The number of pyridine rings is 1. The zero-order valence-corrected chi connectivity index (χ0v) is 9.64. The number of fused-ring (bicyclic) bond motifs is 1. The summed E-state index contributed by atoms with van der Waals surface area (Å²) in [5.74, 6) is -0.305. The first-order chi connectivity index (χ1) is 8.49. The van der Waals surface area contributed by atoms with Gasteiger partial charge in [0, 0.05) is 11.6 Å². The lowest BCUT2D eigenvalue weighted by molar-refractivity contribution is -0.274. The van der Waals surface area contributed by atoms with Crippen LogP contribution in [-0.4, -0.2) is 29.9 Å². The van der Waals surface area contributed by atoms with E-state index in [1.165, 1.54) is 6.07 Å². The minimum atomic E-state index is -4.70. The third-order valence-electron chi connectivity index (χ3n) is 2.47. The van der Waals surface area contributed by atoms with Crippen molar-refractivity contribution in [2.24, 2.45) is 0 Å². The van der Waals surface area contributed by atoms with Crippen molar-refractivity contribution in [3.8, 4) is 5.75 Å². The highest BCUT2D eigenvalue weighted by Crippen LogP contribution is 2.26. The molecule has 0 unspecified atom stereocenters. The molecule has 4 nitrogen and oxygen atoms in total. The molecule has 0 saturated heterocycles. The number of halogens is 3. The van der Waals surface area contributed by atoms with Crippen LogP contribution in [-0.2, 0) is 6.42 Å². The van der Waals surface area contributed by atoms with Crippen LogP contribution < -0.4 is 10.1 Å². The van der Waals surface area contributed by atoms with Crippen LogP contribution in [0, 0.1) is 0 Å². The normalized spacial score (nSPS) is 12.0. The average molecular weight is 259 g/mol. The van der Waals surface area contributed by atoms with Gasteiger partial charge in [-0.05, 0) is 31.6 Å². The number of nitrogens with one attached hydrogen (secondary N) is 2. The molecule has 18 heavy (non-hydrogen) atoms. The van der Waals surface area contributed by atoms with Gasteiger partial charge in [0.1, 0.15) is 11.4 Å². The van der Waals surface area contributed by atoms with Crippen molar-refractivity contribution in [3.05, 3.63) is 24.0 Å². The first-order valence-corrected chi connectivity index (χ1v) is 5.36. The highest BCUT2D eigenvalue weighted by molar-refractivity contribution is 5.80. The number of H-pyrrole nitrogens is 1. The fraction of sp³-hybridized carbons (Fsp3) is 0.364. The second-order valence-corrected chi connectivity index (χ2v) is 3.78. The van der Waals surface area contributed by atoms with Crippen LogP contribution in [0.15, 0.2) is 18.5 Å². The maximum Gasteiger partial charge on any atom is 0.573 e. The molecule has 0 radical (unpaired) electrons. The van der Waals surface area contributed by atoms with Gasteiger partial charge in [-0.2, -0.15) is 0 Å². The van der Waals surface area contributed by atoms with Gasteiger partial charge in [0.25, 0.3) is 0 Å². The number of hydrogen-bond acceptors (Lipinski definition) is 3. The van der Waals surface area contributed by atoms with Crippen molar-refractivity contribution in [2.45, 2.75) is 12.8 Å². The number of nitrogens with zero attached hydrogens (tertiary/aromatic N) is 1. The minimum absolute atomic E-state index is 0.305. The van der Waals surface area contributed by atoms with E-state index in [4.69, 9.17) is 0 Å². The predicted octanol–water partition coefficient (Wildman–Crippen LogP) is 2.22. The SMILES string of the molecule is CNCCc1c[nH]c2ncc(OC(F)(F)F)cc12. The molecule has 0 bridgehead atoms. The van der Waals surface area contributed by atoms with Crippen LogP contribution in [0.1, 0.15) is 5.56 Å². The number of alkyl halides is 3. The molecular weight excluding hydrogens is 247 g/mol. The summed E-state index contributed by atoms with van der Waals surface area (Å²) in [6, 6.07) is 1.34. The van der Waals surface area contributed by atoms with Gasteiger partial charge in [-0.25, -0.2) is 4.98 Å². The minimum Gasteiger partial charge on any atom is -0.404 e. The largest absolute Gasteiger partial charge is 0.573 e. The van der Waals surface area contributed by atoms with Crippen LogP contribution in [0.2, 0.25) is 0 Å². The Balaban J connectivity index is 2.30. The molecule has 0 aromatic carbocycles. The summed E-state index contributed by atoms with van der Waals surface area (Å²) in [6.45, 7) is 0.733. The topological polar surface area (TPSA) is 49.9 Å². The van der Waals surface area contributed by atoms with Gasteiger partial charge in [0.2, 0.25) is 0 Å². The molecule has 98 valence electrons. The second kappa shape index (κ2) is 4.85. The van der Waals surface area contributed by atoms with Crippen molar-refractivity contribution in [1.29, 1.82) is 0 Å². The fourth-order valence-corrected chi connectivity index (χ4v) is 1.69. The number of hydrogen-bond donors (Lipinski definition) is 2. The van der Waals surface area contributed by atoms with Crippen LogP contribution in [0.4, 0.5) is 13.2 Å². The van der Waals surface area contributed by atoms with E-state index in [2.05, 4.69) is 20.0 Å². The lowest BCUT2D eigenvalue weighted by Gasteiger charge is -2.08. The zero-order chi connectivity index (χ0) is 13.2. The van der Waals surface area contributed by atoms with Crippen molar-refractivity contribution in [2.75, 3.05) is 13.6 Å². The molecule has 2 aromatic rings. The van der Waals surface area contributed by atoms with E-state index in [0.29, 0.717) is 17.5 Å². The number of aromatic nitrogens is 2. The molecular formula is C11H12F3N3O. The number of likely N-dealkylation sites (N-methyl/N-ethyl adjacent to an activating group) is 1. The summed E-state index contributed by atoms with van der Waals surface area (Å²) >= 11 is 0. The Morgan fingerprint density at radius 3 is 2.89 bits per heavy atom.